The van der Waals surface area contributed by atoms with Gasteiger partial charge in [-0.3, -0.25) is 4.79 Å². The largest absolute Gasteiger partial charge is 0.339 e. The number of hydrogen-bond acceptors (Lipinski definition) is 4. The Labute approximate surface area is 98.1 Å². The maximum absolute atomic E-state index is 11.4. The molecule has 0 saturated carbocycles. The van der Waals surface area contributed by atoms with Gasteiger partial charge in [-0.05, 0) is 30.0 Å². The molecule has 0 aliphatic rings. The molecule has 0 saturated heterocycles. The van der Waals surface area contributed by atoms with Gasteiger partial charge in [0, 0.05) is 19.0 Å². The number of rotatable bonds is 1. The van der Waals surface area contributed by atoms with Crippen molar-refractivity contribution >= 4 is 17.0 Å². The lowest BCUT2D eigenvalue weighted by Gasteiger charge is -2.09. The Bertz CT molecular complexity index is 465. The van der Waals surface area contributed by atoms with Crippen LogP contribution in [0.5, 0.6) is 0 Å². The van der Waals surface area contributed by atoms with Gasteiger partial charge in [0.1, 0.15) is 0 Å². The molecule has 0 aliphatic carbocycles. The second-order valence-electron chi connectivity index (χ2n) is 3.23. The van der Waals surface area contributed by atoms with Crippen LogP contribution in [0, 0.1) is 22.7 Å². The van der Waals surface area contributed by atoms with Gasteiger partial charge in [0.25, 0.3) is 5.24 Å². The molecule has 80 valence electrons. The smallest absolute Gasteiger partial charge is 0.285 e. The maximum atomic E-state index is 11.4. The first-order valence-electron chi connectivity index (χ1n) is 4.41. The van der Waals surface area contributed by atoms with E-state index in [-0.39, 0.29) is 5.24 Å². The Hall–Kier alpha value is -1.98. The van der Waals surface area contributed by atoms with E-state index in [1.807, 2.05) is 12.1 Å². The average Bonchev–Trinajstić information content (AvgIpc) is 2.28. The summed E-state index contributed by atoms with van der Waals surface area (Å²) in [6.45, 7) is 0. The highest BCUT2D eigenvalue weighted by Crippen LogP contribution is 2.23. The molecule has 1 amide bonds. The van der Waals surface area contributed by atoms with Crippen molar-refractivity contribution in [3.8, 4) is 12.1 Å². The van der Waals surface area contributed by atoms with Gasteiger partial charge in [-0.25, -0.2) is 0 Å². The van der Waals surface area contributed by atoms with Crippen molar-refractivity contribution < 1.29 is 4.79 Å². The second kappa shape index (κ2) is 5.20. The van der Waals surface area contributed by atoms with Crippen molar-refractivity contribution in [1.82, 2.24) is 4.90 Å². The summed E-state index contributed by atoms with van der Waals surface area (Å²) < 4.78 is 0. The highest BCUT2D eigenvalue weighted by atomic mass is 32.2. The Morgan fingerprint density at radius 2 is 1.69 bits per heavy atom. The summed E-state index contributed by atoms with van der Waals surface area (Å²) in [4.78, 5) is 13.5. The molecule has 1 rings (SSSR count). The quantitative estimate of drug-likeness (QED) is 0.695. The van der Waals surface area contributed by atoms with E-state index in [4.69, 9.17) is 10.5 Å². The number of thioether (sulfide) groups is 1. The highest BCUT2D eigenvalue weighted by Gasteiger charge is 2.08. The van der Waals surface area contributed by atoms with Gasteiger partial charge in [0.2, 0.25) is 0 Å². The lowest BCUT2D eigenvalue weighted by atomic mass is 10.1. The summed E-state index contributed by atoms with van der Waals surface area (Å²) in [7, 11) is 3.30. The summed E-state index contributed by atoms with van der Waals surface area (Å²) in [5.41, 5.74) is 0.765. The summed E-state index contributed by atoms with van der Waals surface area (Å²) >= 11 is 0.996. The van der Waals surface area contributed by atoms with E-state index in [9.17, 15) is 4.79 Å². The number of nitrogens with zero attached hydrogens (tertiary/aromatic N) is 3. The van der Waals surface area contributed by atoms with Gasteiger partial charge in [0.15, 0.2) is 0 Å². The van der Waals surface area contributed by atoms with Crippen LogP contribution in [0.25, 0.3) is 0 Å². The predicted molar refractivity (Wildman–Crippen MR) is 60.8 cm³/mol. The number of benzene rings is 1. The first kappa shape index (κ1) is 12.1. The topological polar surface area (TPSA) is 67.9 Å². The molecule has 0 aliphatic heterocycles. The number of amides is 1. The molecule has 5 heteroatoms. The first-order chi connectivity index (χ1) is 7.56. The van der Waals surface area contributed by atoms with Gasteiger partial charge in [-0.1, -0.05) is 0 Å². The van der Waals surface area contributed by atoms with E-state index in [0.29, 0.717) is 16.0 Å². The zero-order chi connectivity index (χ0) is 12.1. The van der Waals surface area contributed by atoms with E-state index < -0.39 is 0 Å². The maximum Gasteiger partial charge on any atom is 0.285 e. The summed E-state index contributed by atoms with van der Waals surface area (Å²) in [5.74, 6) is 0. The molecule has 4 nitrogen and oxygen atoms in total. The van der Waals surface area contributed by atoms with Gasteiger partial charge in [-0.15, -0.1) is 0 Å². The van der Waals surface area contributed by atoms with Crippen LogP contribution in [0.3, 0.4) is 0 Å². The number of carbonyl (C=O) groups is 1. The molecule has 1 aromatic carbocycles. The molecule has 0 atom stereocenters. The molecular weight excluding hydrogens is 222 g/mol. The zero-order valence-electron chi connectivity index (χ0n) is 8.89. The van der Waals surface area contributed by atoms with Crippen molar-refractivity contribution in [3.05, 3.63) is 29.3 Å². The SMILES string of the molecule is CN(C)C(=O)Sc1cc(C#N)cc(C#N)c1. The Balaban J connectivity index is 3.02. The van der Waals surface area contributed by atoms with Crippen molar-refractivity contribution in [2.45, 2.75) is 4.90 Å². The van der Waals surface area contributed by atoms with E-state index in [1.165, 1.54) is 11.0 Å². The monoisotopic (exact) mass is 231 g/mol. The predicted octanol–water partition coefficient (Wildman–Crippen LogP) is 2.20. The third kappa shape index (κ3) is 3.01. The fourth-order valence-electron chi connectivity index (χ4n) is 0.979. The van der Waals surface area contributed by atoms with Gasteiger partial charge in [0.05, 0.1) is 23.3 Å². The lowest BCUT2D eigenvalue weighted by molar-refractivity contribution is 0.241. The second-order valence-corrected chi connectivity index (χ2v) is 4.26. The molecule has 0 aromatic heterocycles. The van der Waals surface area contributed by atoms with Crippen LogP contribution in [-0.4, -0.2) is 24.2 Å². The van der Waals surface area contributed by atoms with Gasteiger partial charge >= 0.3 is 0 Å². The lowest BCUT2D eigenvalue weighted by Crippen LogP contribution is -2.16. The fourth-order valence-corrected chi connectivity index (χ4v) is 1.74. The third-order valence-electron chi connectivity index (χ3n) is 1.74. The summed E-state index contributed by atoms with van der Waals surface area (Å²) in [6.07, 6.45) is 0. The van der Waals surface area contributed by atoms with Crippen LogP contribution in [0.4, 0.5) is 4.79 Å². The van der Waals surface area contributed by atoms with Crippen LogP contribution in [-0.2, 0) is 0 Å². The number of hydrogen-bond donors (Lipinski definition) is 0. The van der Waals surface area contributed by atoms with Gasteiger partial charge < -0.3 is 4.90 Å². The van der Waals surface area contributed by atoms with E-state index >= 15 is 0 Å². The molecular formula is C11H9N3OS. The van der Waals surface area contributed by atoms with Gasteiger partial charge in [-0.2, -0.15) is 10.5 Å². The summed E-state index contributed by atoms with van der Waals surface area (Å²) in [6, 6.07) is 8.58. The fraction of sp³-hybridized carbons (Fsp3) is 0.182. The van der Waals surface area contributed by atoms with Crippen LogP contribution < -0.4 is 0 Å². The third-order valence-corrected chi connectivity index (χ3v) is 2.75. The zero-order valence-corrected chi connectivity index (χ0v) is 9.71. The van der Waals surface area contributed by atoms with E-state index in [1.54, 1.807) is 26.2 Å². The van der Waals surface area contributed by atoms with E-state index in [2.05, 4.69) is 0 Å². The van der Waals surface area contributed by atoms with Crippen molar-refractivity contribution in [1.29, 1.82) is 10.5 Å². The Kier molecular flexibility index (Phi) is 3.93. The standard InChI is InChI=1S/C11H9N3OS/c1-14(2)11(15)16-10-4-8(6-12)3-9(5-10)7-13/h3-5H,1-2H3. The Morgan fingerprint density at radius 3 is 2.06 bits per heavy atom. The van der Waals surface area contributed by atoms with Crippen molar-refractivity contribution in [3.63, 3.8) is 0 Å². The molecule has 0 radical (unpaired) electrons. The summed E-state index contributed by atoms with van der Waals surface area (Å²) in [5, 5.41) is 17.4. The minimum absolute atomic E-state index is 0.140. The van der Waals surface area contributed by atoms with Crippen LogP contribution in [0.2, 0.25) is 0 Å². The molecule has 0 unspecified atom stereocenters. The normalized spacial score (nSPS) is 9.00. The molecule has 16 heavy (non-hydrogen) atoms. The molecule has 0 heterocycles. The highest BCUT2D eigenvalue weighted by molar-refractivity contribution is 8.13. The number of carbonyl (C=O) groups excluding carboxylic acids is 1. The molecule has 0 spiro atoms. The minimum atomic E-state index is -0.140. The molecule has 0 bridgehead atoms. The molecule has 0 fully saturated rings. The van der Waals surface area contributed by atoms with Crippen molar-refractivity contribution in [2.24, 2.45) is 0 Å². The van der Waals surface area contributed by atoms with Crippen LogP contribution in [0.1, 0.15) is 11.1 Å². The molecule has 1 aromatic rings. The Morgan fingerprint density at radius 1 is 1.19 bits per heavy atom. The number of nitriles is 2. The van der Waals surface area contributed by atoms with Crippen molar-refractivity contribution in [2.75, 3.05) is 14.1 Å². The average molecular weight is 231 g/mol. The first-order valence-corrected chi connectivity index (χ1v) is 5.23. The van der Waals surface area contributed by atoms with Crippen LogP contribution in [0.15, 0.2) is 23.1 Å². The minimum Gasteiger partial charge on any atom is -0.339 e. The van der Waals surface area contributed by atoms with Crippen LogP contribution >= 0.6 is 11.8 Å². The van der Waals surface area contributed by atoms with E-state index in [0.717, 1.165) is 11.8 Å². The molecule has 0 N–H and O–H groups in total.